The molecule has 0 saturated carbocycles. The molecule has 0 aliphatic heterocycles. The first kappa shape index (κ1) is 11.0. The van der Waals surface area contributed by atoms with Crippen LogP contribution in [0.25, 0.3) is 0 Å². The molecule has 2 nitrogen and oxygen atoms in total. The fourth-order valence-corrected chi connectivity index (χ4v) is 0.374. The molecule has 0 fully saturated rings. The van der Waals surface area contributed by atoms with Crippen LogP contribution in [0.2, 0.25) is 0 Å². The Labute approximate surface area is 57.0 Å². The van der Waals surface area contributed by atoms with Crippen LogP contribution >= 0.6 is 0 Å². The number of hydrogen-bond donors (Lipinski definition) is 0. The summed E-state index contributed by atoms with van der Waals surface area (Å²) in [5, 5.41) is 0. The lowest BCUT2D eigenvalue weighted by Gasteiger charge is -1.81. The van der Waals surface area contributed by atoms with E-state index in [2.05, 4.69) is 9.97 Å². The summed E-state index contributed by atoms with van der Waals surface area (Å²) in [5.74, 6) is 0. The predicted octanol–water partition coefficient (Wildman–Crippen LogP) is 2.06. The van der Waals surface area contributed by atoms with Crippen molar-refractivity contribution in [3.63, 3.8) is 0 Å². The van der Waals surface area contributed by atoms with E-state index in [4.69, 9.17) is 0 Å². The summed E-state index contributed by atoms with van der Waals surface area (Å²) >= 11 is 0. The van der Waals surface area contributed by atoms with Gasteiger partial charge in [0.2, 0.25) is 0 Å². The van der Waals surface area contributed by atoms with Gasteiger partial charge in [-0.05, 0) is 6.92 Å². The summed E-state index contributed by atoms with van der Waals surface area (Å²) in [5.41, 5.74) is 0.961. The van der Waals surface area contributed by atoms with E-state index < -0.39 is 0 Å². The van der Waals surface area contributed by atoms with E-state index >= 15 is 0 Å². The van der Waals surface area contributed by atoms with Crippen molar-refractivity contribution in [2.45, 2.75) is 21.8 Å². The molecule has 1 heterocycles. The van der Waals surface area contributed by atoms with Crippen molar-refractivity contribution in [2.24, 2.45) is 0 Å². The molecule has 0 aliphatic rings. The minimum absolute atomic E-state index is 0. The van der Waals surface area contributed by atoms with Crippen LogP contribution in [-0.4, -0.2) is 9.97 Å². The van der Waals surface area contributed by atoms with Gasteiger partial charge in [0.15, 0.2) is 0 Å². The second kappa shape index (κ2) is 5.22. The maximum absolute atomic E-state index is 3.92. The largest absolute Gasteiger partial charge is 0.261 e. The molecule has 1 aromatic heterocycles. The molecule has 0 N–H and O–H groups in total. The summed E-state index contributed by atoms with van der Waals surface area (Å²) in [4.78, 5) is 7.74. The molecule has 0 radical (unpaired) electrons. The highest BCUT2D eigenvalue weighted by molar-refractivity contribution is 4.88. The van der Waals surface area contributed by atoms with Gasteiger partial charge in [0.1, 0.15) is 0 Å². The average Bonchev–Trinajstić information content (AvgIpc) is 1.69. The fraction of sp³-hybridized carbons (Fsp3) is 0.429. The number of rotatable bonds is 0. The van der Waals surface area contributed by atoms with Crippen molar-refractivity contribution in [3.05, 3.63) is 24.3 Å². The van der Waals surface area contributed by atoms with Crippen LogP contribution in [0.4, 0.5) is 0 Å². The summed E-state index contributed by atoms with van der Waals surface area (Å²) in [6.07, 6.45) is 5.06. The van der Waals surface area contributed by atoms with Gasteiger partial charge in [-0.2, -0.15) is 0 Å². The van der Waals surface area contributed by atoms with Gasteiger partial charge in [0, 0.05) is 18.6 Å². The smallest absolute Gasteiger partial charge is 0.0555 e. The van der Waals surface area contributed by atoms with Crippen molar-refractivity contribution in [1.82, 2.24) is 9.97 Å². The van der Waals surface area contributed by atoms with Crippen LogP contribution in [-0.2, 0) is 0 Å². The quantitative estimate of drug-likeness (QED) is 0.531. The number of nitrogens with zero attached hydrogens (tertiary/aromatic N) is 2. The van der Waals surface area contributed by atoms with Crippen molar-refractivity contribution in [3.8, 4) is 0 Å². The normalized spacial score (nSPS) is 6.78. The molecule has 0 saturated heterocycles. The van der Waals surface area contributed by atoms with Gasteiger partial charge in [-0.25, -0.2) is 0 Å². The minimum Gasteiger partial charge on any atom is -0.261 e. The molecule has 0 spiro atoms. The van der Waals surface area contributed by atoms with Crippen LogP contribution in [0.3, 0.4) is 0 Å². The van der Waals surface area contributed by atoms with Crippen molar-refractivity contribution in [2.75, 3.05) is 0 Å². The van der Waals surface area contributed by atoms with Gasteiger partial charge in [-0.15, -0.1) is 0 Å². The Kier molecular flexibility index (Phi) is 6.36. The van der Waals surface area contributed by atoms with E-state index in [1.54, 1.807) is 18.6 Å². The molecule has 0 amide bonds. The zero-order valence-corrected chi connectivity index (χ0v) is 4.13. The molecule has 0 bridgehead atoms. The van der Waals surface area contributed by atoms with Crippen molar-refractivity contribution >= 4 is 0 Å². The van der Waals surface area contributed by atoms with Crippen LogP contribution in [0, 0.1) is 6.92 Å². The maximum Gasteiger partial charge on any atom is 0.0555 e. The third kappa shape index (κ3) is 3.64. The number of aryl methyl sites for hydroxylation is 1. The molecule has 0 aliphatic carbocycles. The summed E-state index contributed by atoms with van der Waals surface area (Å²) < 4.78 is 0. The Bertz CT molecular complexity index is 137. The highest BCUT2D eigenvalue weighted by Crippen LogP contribution is 1.81. The first-order valence-corrected chi connectivity index (χ1v) is 2.12. The Balaban J connectivity index is 0. The standard InChI is InChI=1S/C5H6N2.2CH4/c1-5-4-6-2-3-7-5;;/h2-4H,1H3;2*1H4. The van der Waals surface area contributed by atoms with Gasteiger partial charge in [-0.3, -0.25) is 9.97 Å². The topological polar surface area (TPSA) is 25.8 Å². The van der Waals surface area contributed by atoms with Gasteiger partial charge >= 0.3 is 0 Å². The first-order chi connectivity index (χ1) is 3.39. The van der Waals surface area contributed by atoms with E-state index in [0.717, 1.165) is 5.69 Å². The molecule has 1 rings (SSSR count). The van der Waals surface area contributed by atoms with Crippen molar-refractivity contribution < 1.29 is 0 Å². The molecule has 52 valence electrons. The highest BCUT2D eigenvalue weighted by atomic mass is 14.7. The van der Waals surface area contributed by atoms with Crippen LogP contribution in [0.15, 0.2) is 18.6 Å². The van der Waals surface area contributed by atoms with Crippen LogP contribution in [0.1, 0.15) is 20.5 Å². The Morgan fingerprint density at radius 3 is 2.11 bits per heavy atom. The van der Waals surface area contributed by atoms with E-state index in [9.17, 15) is 0 Å². The summed E-state index contributed by atoms with van der Waals surface area (Å²) in [7, 11) is 0. The Hall–Kier alpha value is -0.920. The lowest BCUT2D eigenvalue weighted by Crippen LogP contribution is -1.77. The molecular formula is C7H14N2. The van der Waals surface area contributed by atoms with Gasteiger partial charge in [0.25, 0.3) is 0 Å². The molecule has 1 aromatic rings. The lowest BCUT2D eigenvalue weighted by atomic mass is 10.5. The highest BCUT2D eigenvalue weighted by Gasteiger charge is 1.74. The molecular weight excluding hydrogens is 112 g/mol. The van der Waals surface area contributed by atoms with Crippen molar-refractivity contribution in [1.29, 1.82) is 0 Å². The third-order valence-corrected chi connectivity index (χ3v) is 0.692. The molecule has 0 unspecified atom stereocenters. The SMILES string of the molecule is C.C.Cc1cnccn1. The molecule has 0 aromatic carbocycles. The molecule has 2 heteroatoms. The number of aromatic nitrogens is 2. The van der Waals surface area contributed by atoms with E-state index in [-0.39, 0.29) is 14.9 Å². The Morgan fingerprint density at radius 2 is 1.89 bits per heavy atom. The van der Waals surface area contributed by atoms with Crippen LogP contribution < -0.4 is 0 Å². The van der Waals surface area contributed by atoms with Gasteiger partial charge in [0.05, 0.1) is 5.69 Å². The average molecular weight is 126 g/mol. The zero-order chi connectivity index (χ0) is 5.11. The zero-order valence-electron chi connectivity index (χ0n) is 4.13. The maximum atomic E-state index is 3.92. The predicted molar refractivity (Wildman–Crippen MR) is 40.2 cm³/mol. The summed E-state index contributed by atoms with van der Waals surface area (Å²) in [6, 6.07) is 0. The van der Waals surface area contributed by atoms with Crippen LogP contribution in [0.5, 0.6) is 0 Å². The third-order valence-electron chi connectivity index (χ3n) is 0.692. The number of hydrogen-bond acceptors (Lipinski definition) is 2. The monoisotopic (exact) mass is 126 g/mol. The van der Waals surface area contributed by atoms with E-state index in [0.29, 0.717) is 0 Å². The lowest BCUT2D eigenvalue weighted by molar-refractivity contribution is 1.12. The molecule has 9 heavy (non-hydrogen) atoms. The first-order valence-electron chi connectivity index (χ1n) is 2.12. The summed E-state index contributed by atoms with van der Waals surface area (Å²) in [6.45, 7) is 1.91. The second-order valence-corrected chi connectivity index (χ2v) is 1.35. The van der Waals surface area contributed by atoms with E-state index in [1.165, 1.54) is 0 Å². The van der Waals surface area contributed by atoms with Gasteiger partial charge < -0.3 is 0 Å². The molecule has 0 atom stereocenters. The van der Waals surface area contributed by atoms with Gasteiger partial charge in [-0.1, -0.05) is 14.9 Å². The minimum atomic E-state index is 0. The second-order valence-electron chi connectivity index (χ2n) is 1.35. The Morgan fingerprint density at radius 1 is 1.22 bits per heavy atom. The van der Waals surface area contributed by atoms with E-state index in [1.807, 2.05) is 6.92 Å². The fourth-order valence-electron chi connectivity index (χ4n) is 0.374.